The highest BCUT2D eigenvalue weighted by Gasteiger charge is 2.24. The van der Waals surface area contributed by atoms with E-state index in [2.05, 4.69) is 33.0 Å². The molecule has 0 aromatic heterocycles. The molecule has 3 atom stereocenters. The van der Waals surface area contributed by atoms with E-state index in [0.29, 0.717) is 24.4 Å². The van der Waals surface area contributed by atoms with Crippen LogP contribution < -0.4 is 5.32 Å². The Bertz CT molecular complexity index is 201. The number of nitrogens with one attached hydrogen (secondary N) is 1. The molecule has 1 N–H and O–H groups in total. The quantitative estimate of drug-likeness (QED) is 0.678. The lowest BCUT2D eigenvalue weighted by Gasteiger charge is -2.32. The Labute approximate surface area is 113 Å². The van der Waals surface area contributed by atoms with Crippen molar-refractivity contribution in [3.8, 4) is 0 Å². The summed E-state index contributed by atoms with van der Waals surface area (Å²) in [4.78, 5) is 0. The lowest BCUT2D eigenvalue weighted by Crippen LogP contribution is -2.34. The van der Waals surface area contributed by atoms with Crippen molar-refractivity contribution in [1.82, 2.24) is 5.32 Å². The van der Waals surface area contributed by atoms with Crippen LogP contribution in [0.1, 0.15) is 59.8 Å². The average molecular weight is 257 g/mol. The van der Waals surface area contributed by atoms with E-state index in [0.717, 1.165) is 32.4 Å². The molecule has 0 radical (unpaired) electrons. The molecule has 3 unspecified atom stereocenters. The second-order valence-electron chi connectivity index (χ2n) is 5.72. The molecule has 1 heterocycles. The summed E-state index contributed by atoms with van der Waals surface area (Å²) in [7, 11) is 0. The molecular weight excluding hydrogens is 226 g/mol. The summed E-state index contributed by atoms with van der Waals surface area (Å²) in [5.74, 6) is 0. The van der Waals surface area contributed by atoms with Gasteiger partial charge in [-0.15, -0.1) is 0 Å². The Morgan fingerprint density at radius 3 is 2.56 bits per heavy atom. The molecule has 1 fully saturated rings. The van der Waals surface area contributed by atoms with Crippen LogP contribution in [0.5, 0.6) is 0 Å². The number of hydrogen-bond donors (Lipinski definition) is 1. The van der Waals surface area contributed by atoms with E-state index in [1.807, 2.05) is 0 Å². The molecule has 108 valence electrons. The van der Waals surface area contributed by atoms with Crippen LogP contribution in [0.3, 0.4) is 0 Å². The van der Waals surface area contributed by atoms with E-state index in [-0.39, 0.29) is 0 Å². The van der Waals surface area contributed by atoms with Crippen LogP contribution in [0.15, 0.2) is 0 Å². The van der Waals surface area contributed by atoms with E-state index in [9.17, 15) is 0 Å². The third-order valence-corrected chi connectivity index (χ3v) is 3.53. The van der Waals surface area contributed by atoms with Gasteiger partial charge in [0.15, 0.2) is 0 Å². The minimum Gasteiger partial charge on any atom is -0.378 e. The van der Waals surface area contributed by atoms with Crippen molar-refractivity contribution in [3.63, 3.8) is 0 Å². The van der Waals surface area contributed by atoms with Gasteiger partial charge in [0.1, 0.15) is 0 Å². The molecule has 0 aromatic carbocycles. The fourth-order valence-corrected chi connectivity index (χ4v) is 2.61. The molecule has 0 aromatic rings. The standard InChI is InChI=1S/C15H31NO2/c1-5-8-16-12(2)7-6-9-17-15-10-13(3)18-14(4)11-15/h12-16H,5-11H2,1-4H3. The van der Waals surface area contributed by atoms with E-state index >= 15 is 0 Å². The molecule has 1 aliphatic rings. The first-order valence-corrected chi connectivity index (χ1v) is 7.62. The molecule has 0 saturated carbocycles. The summed E-state index contributed by atoms with van der Waals surface area (Å²) in [5.41, 5.74) is 0. The third kappa shape index (κ3) is 6.72. The highest BCUT2D eigenvalue weighted by Crippen LogP contribution is 2.21. The van der Waals surface area contributed by atoms with Crippen molar-refractivity contribution >= 4 is 0 Å². The van der Waals surface area contributed by atoms with E-state index in [1.54, 1.807) is 0 Å². The molecule has 0 bridgehead atoms. The second kappa shape index (κ2) is 8.89. The Morgan fingerprint density at radius 2 is 1.94 bits per heavy atom. The van der Waals surface area contributed by atoms with Gasteiger partial charge in [0.2, 0.25) is 0 Å². The van der Waals surface area contributed by atoms with Gasteiger partial charge in [-0.1, -0.05) is 6.92 Å². The predicted molar refractivity (Wildman–Crippen MR) is 76.0 cm³/mol. The zero-order valence-corrected chi connectivity index (χ0v) is 12.6. The third-order valence-electron chi connectivity index (χ3n) is 3.53. The normalized spacial score (nSPS) is 30.3. The number of ether oxygens (including phenoxy) is 2. The van der Waals surface area contributed by atoms with Crippen LogP contribution in [-0.4, -0.2) is 37.5 Å². The summed E-state index contributed by atoms with van der Waals surface area (Å²) in [6.45, 7) is 10.8. The minimum atomic E-state index is 0.351. The molecule has 3 heteroatoms. The Hall–Kier alpha value is -0.120. The summed E-state index contributed by atoms with van der Waals surface area (Å²) < 4.78 is 11.7. The van der Waals surface area contributed by atoms with Gasteiger partial charge >= 0.3 is 0 Å². The molecule has 1 rings (SSSR count). The molecule has 0 amide bonds. The smallest absolute Gasteiger partial charge is 0.0624 e. The highest BCUT2D eigenvalue weighted by molar-refractivity contribution is 4.73. The molecule has 1 aliphatic heterocycles. The zero-order valence-electron chi connectivity index (χ0n) is 12.6. The van der Waals surface area contributed by atoms with Crippen molar-refractivity contribution in [3.05, 3.63) is 0 Å². The highest BCUT2D eigenvalue weighted by atomic mass is 16.5. The van der Waals surface area contributed by atoms with E-state index in [1.165, 1.54) is 12.8 Å². The largest absolute Gasteiger partial charge is 0.378 e. The van der Waals surface area contributed by atoms with Crippen molar-refractivity contribution in [2.75, 3.05) is 13.2 Å². The lowest BCUT2D eigenvalue weighted by atomic mass is 10.0. The van der Waals surface area contributed by atoms with Gasteiger partial charge in [-0.05, 0) is 59.4 Å². The van der Waals surface area contributed by atoms with Crippen LogP contribution in [0.25, 0.3) is 0 Å². The average Bonchev–Trinajstić information content (AvgIpc) is 2.31. The first kappa shape index (κ1) is 15.9. The van der Waals surface area contributed by atoms with Gasteiger partial charge < -0.3 is 14.8 Å². The zero-order chi connectivity index (χ0) is 13.4. The van der Waals surface area contributed by atoms with Gasteiger partial charge in [0, 0.05) is 12.6 Å². The second-order valence-corrected chi connectivity index (χ2v) is 5.72. The van der Waals surface area contributed by atoms with Gasteiger partial charge in [0.05, 0.1) is 18.3 Å². The molecular formula is C15H31NO2. The Kier molecular flexibility index (Phi) is 7.87. The van der Waals surface area contributed by atoms with E-state index in [4.69, 9.17) is 9.47 Å². The van der Waals surface area contributed by atoms with Gasteiger partial charge in [-0.25, -0.2) is 0 Å². The summed E-state index contributed by atoms with van der Waals surface area (Å²) in [6, 6.07) is 0.612. The van der Waals surface area contributed by atoms with Crippen molar-refractivity contribution < 1.29 is 9.47 Å². The van der Waals surface area contributed by atoms with Crippen LogP contribution in [0, 0.1) is 0 Å². The SMILES string of the molecule is CCCNC(C)CCCOC1CC(C)OC(C)C1. The first-order valence-electron chi connectivity index (χ1n) is 7.62. The van der Waals surface area contributed by atoms with Crippen molar-refractivity contribution in [2.45, 2.75) is 84.2 Å². The van der Waals surface area contributed by atoms with Gasteiger partial charge in [0.25, 0.3) is 0 Å². The fraction of sp³-hybridized carbons (Fsp3) is 1.00. The van der Waals surface area contributed by atoms with Crippen LogP contribution in [0.4, 0.5) is 0 Å². The summed E-state index contributed by atoms with van der Waals surface area (Å²) in [5, 5.41) is 3.51. The molecule has 0 spiro atoms. The monoisotopic (exact) mass is 257 g/mol. The lowest BCUT2D eigenvalue weighted by molar-refractivity contribution is -0.102. The van der Waals surface area contributed by atoms with Gasteiger partial charge in [-0.3, -0.25) is 0 Å². The fourth-order valence-electron chi connectivity index (χ4n) is 2.61. The minimum absolute atomic E-state index is 0.351. The molecule has 1 saturated heterocycles. The van der Waals surface area contributed by atoms with Crippen LogP contribution in [0.2, 0.25) is 0 Å². The maximum atomic E-state index is 5.97. The molecule has 3 nitrogen and oxygen atoms in total. The molecule has 18 heavy (non-hydrogen) atoms. The summed E-state index contributed by atoms with van der Waals surface area (Å²) in [6.07, 6.45) is 6.77. The Balaban J connectivity index is 2.03. The predicted octanol–water partition coefficient (Wildman–Crippen LogP) is 3.13. The summed E-state index contributed by atoms with van der Waals surface area (Å²) >= 11 is 0. The van der Waals surface area contributed by atoms with E-state index < -0.39 is 0 Å². The van der Waals surface area contributed by atoms with Gasteiger partial charge in [-0.2, -0.15) is 0 Å². The van der Waals surface area contributed by atoms with Crippen molar-refractivity contribution in [1.29, 1.82) is 0 Å². The van der Waals surface area contributed by atoms with Crippen LogP contribution in [-0.2, 0) is 9.47 Å². The van der Waals surface area contributed by atoms with Crippen molar-refractivity contribution in [2.24, 2.45) is 0 Å². The maximum Gasteiger partial charge on any atom is 0.0624 e. The molecule has 0 aliphatic carbocycles. The van der Waals surface area contributed by atoms with Crippen LogP contribution >= 0.6 is 0 Å². The topological polar surface area (TPSA) is 30.5 Å². The first-order chi connectivity index (χ1) is 8.61. The Morgan fingerprint density at radius 1 is 1.28 bits per heavy atom. The number of rotatable bonds is 8. The number of hydrogen-bond acceptors (Lipinski definition) is 3. The maximum absolute atomic E-state index is 5.97.